The molecule has 134 valence electrons. The Labute approximate surface area is 150 Å². The molecule has 7 nitrogen and oxygen atoms in total. The van der Waals surface area contributed by atoms with Crippen LogP contribution in [0, 0.1) is 0 Å². The maximum absolute atomic E-state index is 12.8. The van der Waals surface area contributed by atoms with Crippen molar-refractivity contribution >= 4 is 11.6 Å². The number of ether oxygens (including phenoxy) is 1. The van der Waals surface area contributed by atoms with Gasteiger partial charge in [-0.25, -0.2) is 9.48 Å². The van der Waals surface area contributed by atoms with E-state index in [1.54, 1.807) is 25.4 Å². The summed E-state index contributed by atoms with van der Waals surface area (Å²) in [4.78, 5) is 27.1. The molecule has 0 saturated heterocycles. The highest BCUT2D eigenvalue weighted by atomic mass is 16.5. The van der Waals surface area contributed by atoms with Gasteiger partial charge in [-0.15, -0.1) is 5.10 Å². The van der Waals surface area contributed by atoms with Crippen molar-refractivity contribution in [2.75, 3.05) is 7.11 Å². The summed E-state index contributed by atoms with van der Waals surface area (Å²) in [5.41, 5.74) is 1.28. The second-order valence-corrected chi connectivity index (χ2v) is 6.47. The van der Waals surface area contributed by atoms with E-state index in [4.69, 9.17) is 4.74 Å². The lowest BCUT2D eigenvalue weighted by Gasteiger charge is -2.22. The van der Waals surface area contributed by atoms with E-state index in [1.165, 1.54) is 9.08 Å². The minimum atomic E-state index is -0.297. The van der Waals surface area contributed by atoms with Gasteiger partial charge in [-0.05, 0) is 42.7 Å². The van der Waals surface area contributed by atoms with Crippen LogP contribution in [-0.4, -0.2) is 38.1 Å². The van der Waals surface area contributed by atoms with E-state index in [9.17, 15) is 9.59 Å². The molecule has 0 spiro atoms. The van der Waals surface area contributed by atoms with Gasteiger partial charge in [0.25, 0.3) is 0 Å². The lowest BCUT2D eigenvalue weighted by Crippen LogP contribution is -2.37. The van der Waals surface area contributed by atoms with E-state index in [-0.39, 0.29) is 24.2 Å². The Morgan fingerprint density at radius 1 is 1.23 bits per heavy atom. The highest BCUT2D eigenvalue weighted by Crippen LogP contribution is 2.29. The van der Waals surface area contributed by atoms with Crippen molar-refractivity contribution in [2.24, 2.45) is 0 Å². The van der Waals surface area contributed by atoms with Crippen LogP contribution >= 0.6 is 0 Å². The second kappa shape index (κ2) is 6.67. The number of pyridine rings is 1. The zero-order valence-electron chi connectivity index (χ0n) is 14.5. The third kappa shape index (κ3) is 3.20. The minimum absolute atomic E-state index is 0.0484. The number of rotatable bonds is 6. The van der Waals surface area contributed by atoms with Gasteiger partial charge in [-0.3, -0.25) is 9.20 Å². The predicted molar refractivity (Wildman–Crippen MR) is 96.0 cm³/mol. The molecule has 0 bridgehead atoms. The molecule has 1 aromatic carbocycles. The van der Waals surface area contributed by atoms with E-state index >= 15 is 0 Å². The lowest BCUT2D eigenvalue weighted by atomic mass is 10.2. The molecule has 0 unspecified atom stereocenters. The SMILES string of the molecule is COc1ccc(CN(C(=O)Cn2nc3ccccn3c2=O)C2CC2)cc1. The number of hydrogen-bond donors (Lipinski definition) is 0. The molecule has 2 heterocycles. The number of fused-ring (bicyclic) bond motifs is 1. The fourth-order valence-corrected chi connectivity index (χ4v) is 3.02. The standard InChI is InChI=1S/C19H20N4O3/c1-26-16-9-5-14(6-10-16)12-22(15-7-8-15)18(24)13-23-19(25)21-11-3-2-4-17(21)20-23/h2-6,9-11,15H,7-8,12-13H2,1H3. The van der Waals surface area contributed by atoms with E-state index in [2.05, 4.69) is 5.10 Å². The molecule has 1 aliphatic carbocycles. The molecule has 1 aliphatic rings. The van der Waals surface area contributed by atoms with Crippen molar-refractivity contribution in [1.82, 2.24) is 19.1 Å². The molecule has 2 aromatic heterocycles. The fourth-order valence-electron chi connectivity index (χ4n) is 3.02. The Balaban J connectivity index is 1.53. The first-order chi connectivity index (χ1) is 12.7. The predicted octanol–water partition coefficient (Wildman–Crippen LogP) is 1.70. The van der Waals surface area contributed by atoms with Crippen LogP contribution in [0.2, 0.25) is 0 Å². The van der Waals surface area contributed by atoms with Crippen LogP contribution in [-0.2, 0) is 17.9 Å². The Bertz CT molecular complexity index is 986. The normalized spacial score (nSPS) is 13.7. The summed E-state index contributed by atoms with van der Waals surface area (Å²) in [6, 6.07) is 13.3. The van der Waals surface area contributed by atoms with E-state index in [1.807, 2.05) is 35.2 Å². The van der Waals surface area contributed by atoms with Crippen LogP contribution < -0.4 is 10.4 Å². The maximum Gasteiger partial charge on any atom is 0.350 e. The smallest absolute Gasteiger partial charge is 0.350 e. The second-order valence-electron chi connectivity index (χ2n) is 6.47. The van der Waals surface area contributed by atoms with Gasteiger partial charge < -0.3 is 9.64 Å². The topological polar surface area (TPSA) is 68.8 Å². The van der Waals surface area contributed by atoms with Gasteiger partial charge in [-0.1, -0.05) is 18.2 Å². The molecule has 0 aliphatic heterocycles. The molecule has 7 heteroatoms. The van der Waals surface area contributed by atoms with Crippen molar-refractivity contribution in [3.63, 3.8) is 0 Å². The van der Waals surface area contributed by atoms with Gasteiger partial charge in [-0.2, -0.15) is 0 Å². The molecular weight excluding hydrogens is 332 g/mol. The first-order valence-electron chi connectivity index (χ1n) is 8.62. The van der Waals surface area contributed by atoms with Crippen LogP contribution in [0.25, 0.3) is 5.65 Å². The zero-order chi connectivity index (χ0) is 18.1. The number of carbonyl (C=O) groups is 1. The number of benzene rings is 1. The van der Waals surface area contributed by atoms with Crippen molar-refractivity contribution in [2.45, 2.75) is 32.0 Å². The fraction of sp³-hybridized carbons (Fsp3) is 0.316. The van der Waals surface area contributed by atoms with Gasteiger partial charge in [0, 0.05) is 18.8 Å². The molecule has 1 amide bonds. The number of nitrogens with zero attached hydrogens (tertiary/aromatic N) is 4. The number of amides is 1. The van der Waals surface area contributed by atoms with Crippen LogP contribution in [0.5, 0.6) is 5.75 Å². The minimum Gasteiger partial charge on any atom is -0.497 e. The monoisotopic (exact) mass is 352 g/mol. The summed E-state index contributed by atoms with van der Waals surface area (Å²) in [7, 11) is 1.63. The first kappa shape index (κ1) is 16.4. The maximum atomic E-state index is 12.8. The number of carbonyl (C=O) groups excluding carboxylic acids is 1. The van der Waals surface area contributed by atoms with E-state index in [0.29, 0.717) is 12.2 Å². The molecule has 26 heavy (non-hydrogen) atoms. The molecule has 4 rings (SSSR count). The molecule has 3 aromatic rings. The highest BCUT2D eigenvalue weighted by molar-refractivity contribution is 5.76. The number of aromatic nitrogens is 3. The van der Waals surface area contributed by atoms with Crippen LogP contribution in [0.4, 0.5) is 0 Å². The molecule has 0 radical (unpaired) electrons. The zero-order valence-corrected chi connectivity index (χ0v) is 14.5. The lowest BCUT2D eigenvalue weighted by molar-refractivity contribution is -0.133. The quantitative estimate of drug-likeness (QED) is 0.677. The molecule has 1 fully saturated rings. The van der Waals surface area contributed by atoms with Gasteiger partial charge >= 0.3 is 5.69 Å². The summed E-state index contributed by atoms with van der Waals surface area (Å²) in [6.07, 6.45) is 3.66. The summed E-state index contributed by atoms with van der Waals surface area (Å²) in [5, 5.41) is 4.25. The summed E-state index contributed by atoms with van der Waals surface area (Å²) in [6.45, 7) is 0.475. The summed E-state index contributed by atoms with van der Waals surface area (Å²) < 4.78 is 7.85. The highest BCUT2D eigenvalue weighted by Gasteiger charge is 2.33. The van der Waals surface area contributed by atoms with Crippen molar-refractivity contribution in [1.29, 1.82) is 0 Å². The number of methoxy groups -OCH3 is 1. The van der Waals surface area contributed by atoms with Gasteiger partial charge in [0.15, 0.2) is 5.65 Å². The van der Waals surface area contributed by atoms with E-state index in [0.717, 1.165) is 24.2 Å². The molecule has 0 N–H and O–H groups in total. The molecule has 0 atom stereocenters. The van der Waals surface area contributed by atoms with Gasteiger partial charge in [0.1, 0.15) is 12.3 Å². The Morgan fingerprint density at radius 3 is 2.65 bits per heavy atom. The van der Waals surface area contributed by atoms with Crippen LogP contribution in [0.15, 0.2) is 53.5 Å². The van der Waals surface area contributed by atoms with Crippen molar-refractivity contribution in [3.05, 3.63) is 64.7 Å². The largest absolute Gasteiger partial charge is 0.497 e. The summed E-state index contributed by atoms with van der Waals surface area (Å²) in [5.74, 6) is 0.697. The average molecular weight is 352 g/mol. The van der Waals surface area contributed by atoms with Gasteiger partial charge in [0.2, 0.25) is 5.91 Å². The third-order valence-corrected chi connectivity index (χ3v) is 4.59. The van der Waals surface area contributed by atoms with Crippen molar-refractivity contribution in [3.8, 4) is 5.75 Å². The van der Waals surface area contributed by atoms with Crippen molar-refractivity contribution < 1.29 is 9.53 Å². The Kier molecular flexibility index (Phi) is 4.20. The first-order valence-corrected chi connectivity index (χ1v) is 8.62. The average Bonchev–Trinajstić information content (AvgIpc) is 3.46. The Morgan fingerprint density at radius 2 is 2.00 bits per heavy atom. The van der Waals surface area contributed by atoms with Crippen LogP contribution in [0.1, 0.15) is 18.4 Å². The van der Waals surface area contributed by atoms with Gasteiger partial charge in [0.05, 0.1) is 7.11 Å². The summed E-state index contributed by atoms with van der Waals surface area (Å²) >= 11 is 0. The number of hydrogen-bond acceptors (Lipinski definition) is 4. The van der Waals surface area contributed by atoms with Crippen LogP contribution in [0.3, 0.4) is 0 Å². The third-order valence-electron chi connectivity index (χ3n) is 4.59. The molecular formula is C19H20N4O3. The Hall–Kier alpha value is -3.09. The molecule has 1 saturated carbocycles. The van der Waals surface area contributed by atoms with E-state index < -0.39 is 0 Å².